The Bertz CT molecular complexity index is 2140. The van der Waals surface area contributed by atoms with E-state index >= 15 is 0 Å². The van der Waals surface area contributed by atoms with Crippen molar-refractivity contribution in [3.05, 3.63) is 52.5 Å². The van der Waals surface area contributed by atoms with Crippen LogP contribution in [0.15, 0.2) is 12.1 Å². The molecule has 3 amide bonds. The Morgan fingerprint density at radius 2 is 1.73 bits per heavy atom. The summed E-state index contributed by atoms with van der Waals surface area (Å²) < 4.78 is 61.6. The van der Waals surface area contributed by atoms with Crippen LogP contribution in [0.5, 0.6) is 5.75 Å². The number of nitrogens with zero attached hydrogens (tertiary/aromatic N) is 4. The third kappa shape index (κ3) is 9.02. The molecule has 3 heterocycles. The molecule has 2 saturated carbocycles. The number of carbonyl (C=O) groups is 4. The van der Waals surface area contributed by atoms with Gasteiger partial charge in [-0.2, -0.15) is 8.78 Å². The average Bonchev–Trinajstić information content (AvgIpc) is 3.73. The maximum Gasteiger partial charge on any atom is 0.321 e. The number of aromatic nitrogens is 3. The number of unbranched alkanes of at least 4 members (excludes halogenated alkanes) is 2. The second-order valence-electron chi connectivity index (χ2n) is 16.7. The number of fused-ring (bicyclic) bond motifs is 3. The van der Waals surface area contributed by atoms with E-state index in [4.69, 9.17) is 15.7 Å². The van der Waals surface area contributed by atoms with Gasteiger partial charge in [0, 0.05) is 50.0 Å². The zero-order valence-electron chi connectivity index (χ0n) is 33.8. The van der Waals surface area contributed by atoms with Crippen LogP contribution >= 0.6 is 11.8 Å². The molecule has 1 aliphatic heterocycles. The Morgan fingerprint density at radius 1 is 1.02 bits per heavy atom. The van der Waals surface area contributed by atoms with Crippen LogP contribution in [0.2, 0.25) is 0 Å². The number of imide groups is 1. The Labute approximate surface area is 345 Å². The van der Waals surface area contributed by atoms with Gasteiger partial charge < -0.3 is 20.4 Å². The number of pyridine rings is 1. The van der Waals surface area contributed by atoms with Gasteiger partial charge in [-0.3, -0.25) is 24.1 Å². The molecule has 16 heteroatoms. The summed E-state index contributed by atoms with van der Waals surface area (Å²) in [6.45, 7) is 8.24. The molecule has 11 nitrogen and oxygen atoms in total. The van der Waals surface area contributed by atoms with Crippen LogP contribution < -0.4 is 15.8 Å². The van der Waals surface area contributed by atoms with E-state index in [0.717, 1.165) is 84.3 Å². The largest absolute Gasteiger partial charge is 0.419 e. The molecule has 3 aliphatic carbocycles. The van der Waals surface area contributed by atoms with E-state index in [0.29, 0.717) is 55.8 Å². The van der Waals surface area contributed by atoms with Gasteiger partial charge in [-0.1, -0.05) is 33.3 Å². The highest BCUT2D eigenvalue weighted by atomic mass is 32.2. The van der Waals surface area contributed by atoms with Crippen LogP contribution in [0, 0.1) is 46.9 Å². The van der Waals surface area contributed by atoms with Crippen LogP contribution in [0.3, 0.4) is 0 Å². The highest BCUT2D eigenvalue weighted by Crippen LogP contribution is 2.52. The van der Waals surface area contributed by atoms with Crippen LogP contribution in [0.1, 0.15) is 114 Å². The number of nitrogens with two attached hydrogens (primary N) is 1. The molecule has 1 saturated heterocycles. The van der Waals surface area contributed by atoms with E-state index in [1.54, 1.807) is 0 Å². The van der Waals surface area contributed by atoms with Crippen molar-refractivity contribution in [2.24, 2.45) is 23.7 Å². The summed E-state index contributed by atoms with van der Waals surface area (Å²) in [5.74, 6) is -8.48. The lowest BCUT2D eigenvalue weighted by atomic mass is 9.81. The van der Waals surface area contributed by atoms with Crippen molar-refractivity contribution in [1.82, 2.24) is 24.8 Å². The maximum atomic E-state index is 13.9. The molecule has 1 aromatic carbocycles. The normalized spacial score (nSPS) is 24.1. The number of aryl methyl sites for hydroxylation is 2. The van der Waals surface area contributed by atoms with Crippen molar-refractivity contribution in [2.45, 2.75) is 116 Å². The maximum absolute atomic E-state index is 13.9. The molecule has 3 N–H and O–H groups in total. The summed E-state index contributed by atoms with van der Waals surface area (Å²) in [6, 6.07) is -0.00582. The number of allylic oxidation sites excluding steroid dienone is 2. The Hall–Kier alpha value is -4.47. The monoisotopic (exact) mass is 840 g/mol. The number of benzene rings is 1. The topological polar surface area (TPSA) is 150 Å². The zero-order valence-corrected chi connectivity index (χ0v) is 34.6. The van der Waals surface area contributed by atoms with Gasteiger partial charge in [-0.05, 0) is 87.0 Å². The minimum atomic E-state index is -1.86. The molecule has 0 spiro atoms. The summed E-state index contributed by atoms with van der Waals surface area (Å²) in [6.07, 6.45) is 11.5. The lowest BCUT2D eigenvalue weighted by Crippen LogP contribution is -2.39. The number of carbonyl (C=O) groups excluding carboxylic acids is 4. The van der Waals surface area contributed by atoms with Crippen molar-refractivity contribution in [3.63, 3.8) is 0 Å². The predicted octanol–water partition coefficient (Wildman–Crippen LogP) is 7.63. The van der Waals surface area contributed by atoms with Crippen LogP contribution in [-0.2, 0) is 32.1 Å². The van der Waals surface area contributed by atoms with Gasteiger partial charge >= 0.3 is 5.97 Å². The number of thioether (sulfide) groups is 1. The van der Waals surface area contributed by atoms with Gasteiger partial charge in [-0.25, -0.2) is 18.7 Å². The fraction of sp³-hybridized carbons (Fsp3) is 0.581. The molecular formula is C43H52F4N6O5S. The molecule has 4 aliphatic rings. The highest BCUT2D eigenvalue weighted by Gasteiger charge is 2.42. The number of anilines is 1. The minimum Gasteiger partial charge on any atom is -0.419 e. The van der Waals surface area contributed by atoms with Crippen molar-refractivity contribution >= 4 is 57.9 Å². The summed E-state index contributed by atoms with van der Waals surface area (Å²) in [5, 5.41) is 2.21. The number of nitrogens with one attached hydrogen (secondary N) is 1. The molecule has 7 rings (SSSR count). The number of likely N-dealkylation sites (tertiary alicyclic amines) is 1. The first-order valence-corrected chi connectivity index (χ1v) is 22.0. The lowest BCUT2D eigenvalue weighted by Gasteiger charge is -2.30. The Kier molecular flexibility index (Phi) is 13.0. The van der Waals surface area contributed by atoms with E-state index in [9.17, 15) is 36.7 Å². The molecule has 59 heavy (non-hydrogen) atoms. The number of hydrogen-bond donors (Lipinski definition) is 2. The van der Waals surface area contributed by atoms with Gasteiger partial charge in [0.25, 0.3) is 0 Å². The Morgan fingerprint density at radius 3 is 2.41 bits per heavy atom. The zero-order chi connectivity index (χ0) is 42.1. The summed E-state index contributed by atoms with van der Waals surface area (Å²) in [7, 11) is 0. The number of esters is 1. The molecule has 3 fully saturated rings. The second kappa shape index (κ2) is 18.0. The Balaban J connectivity index is 0.868. The van der Waals surface area contributed by atoms with Crippen molar-refractivity contribution < 1.29 is 41.5 Å². The lowest BCUT2D eigenvalue weighted by molar-refractivity contribution is -0.139. The van der Waals surface area contributed by atoms with Crippen LogP contribution in [0.4, 0.5) is 23.4 Å². The molecule has 318 valence electrons. The standard InChI is InChI=1S/C43H52F4N6O5S/c1-4-5-8-31-50-38-39(34-22(2)9-14-26(27-17-23(27)3)37(34)51-41(38)48)52(31)16-7-6-15-49-42(56)25-12-10-24(11-13-25)20-53-32(54)19-30(43(53)57)59-21-33(55)58-40-35(46)28(44)18-29(45)36(40)47/h14,18,22-25,27,30H,4-13,15-17,19-21H2,1-3H3,(H2,48,51)(H,49,56)/t22?,23?,24?,25?,27-,30?/m0/s1. The fourth-order valence-electron chi connectivity index (χ4n) is 8.89. The van der Waals surface area contributed by atoms with Gasteiger partial charge in [0.1, 0.15) is 11.3 Å². The van der Waals surface area contributed by atoms with Gasteiger partial charge in [0.2, 0.25) is 35.1 Å². The minimum absolute atomic E-state index is 0.00582. The second-order valence-corrected chi connectivity index (χ2v) is 17.9. The molecular weight excluding hydrogens is 789 g/mol. The SMILES string of the molecule is CCCCc1nc2c(N)nc3c(c2n1CCCCNC(=O)C1CCC(CN2C(=O)CC(SCC(=O)Oc4c(F)c(F)cc(F)c4F)C2=O)CC1)C(C)CC=C3[C@H]1CC1C. The summed E-state index contributed by atoms with van der Waals surface area (Å²) in [4.78, 5) is 62.5. The molecule has 3 aromatic rings. The number of imidazole rings is 1. The van der Waals surface area contributed by atoms with Crippen LogP contribution in [-0.4, -0.2) is 67.2 Å². The average molecular weight is 841 g/mol. The number of nitrogen functional groups attached to an aromatic ring is 1. The summed E-state index contributed by atoms with van der Waals surface area (Å²) in [5.41, 5.74) is 12.2. The molecule has 0 radical (unpaired) electrons. The first-order chi connectivity index (χ1) is 28.3. The fourth-order valence-corrected chi connectivity index (χ4v) is 9.82. The quantitative estimate of drug-likeness (QED) is 0.0371. The van der Waals surface area contributed by atoms with Gasteiger partial charge in [-0.15, -0.1) is 11.8 Å². The molecule has 2 aromatic heterocycles. The van der Waals surface area contributed by atoms with E-state index < -0.39 is 57.8 Å². The number of amides is 3. The van der Waals surface area contributed by atoms with Crippen molar-refractivity contribution in [2.75, 3.05) is 24.6 Å². The third-order valence-electron chi connectivity index (χ3n) is 12.4. The first kappa shape index (κ1) is 42.6. The third-order valence-corrected chi connectivity index (χ3v) is 13.6. The number of hydrogen-bond acceptors (Lipinski definition) is 9. The van der Waals surface area contributed by atoms with E-state index in [1.165, 1.54) is 17.6 Å². The van der Waals surface area contributed by atoms with Crippen molar-refractivity contribution in [3.8, 4) is 5.75 Å². The molecule has 4 atom stereocenters. The molecule has 3 unspecified atom stereocenters. The first-order valence-electron chi connectivity index (χ1n) is 20.9. The van der Waals surface area contributed by atoms with Gasteiger partial charge in [0.05, 0.1) is 22.2 Å². The number of ether oxygens (including phenoxy) is 1. The van der Waals surface area contributed by atoms with Gasteiger partial charge in [0.15, 0.2) is 17.5 Å². The van der Waals surface area contributed by atoms with E-state index in [-0.39, 0.29) is 36.8 Å². The van der Waals surface area contributed by atoms with Crippen LogP contribution in [0.25, 0.3) is 16.6 Å². The van der Waals surface area contributed by atoms with Crippen molar-refractivity contribution in [1.29, 1.82) is 0 Å². The summed E-state index contributed by atoms with van der Waals surface area (Å²) >= 11 is 0.750. The van der Waals surface area contributed by atoms with E-state index in [1.807, 2.05) is 0 Å². The van der Waals surface area contributed by atoms with E-state index in [2.05, 4.69) is 41.5 Å². The number of halogens is 4. The number of rotatable bonds is 16. The molecule has 0 bridgehead atoms. The predicted molar refractivity (Wildman–Crippen MR) is 216 cm³/mol. The highest BCUT2D eigenvalue weighted by molar-refractivity contribution is 8.01. The smallest absolute Gasteiger partial charge is 0.321 e.